The highest BCUT2D eigenvalue weighted by Gasteiger charge is 2.27. The Balaban J connectivity index is 2.15. The maximum Gasteiger partial charge on any atom is 0.235 e. The number of halogens is 1. The number of hydrogen-bond donors (Lipinski definition) is 2. The first-order valence-corrected chi connectivity index (χ1v) is 8.07. The van der Waals surface area contributed by atoms with Gasteiger partial charge in [0.05, 0.1) is 5.25 Å². The molecule has 1 aliphatic rings. The Labute approximate surface area is 113 Å². The van der Waals surface area contributed by atoms with Crippen molar-refractivity contribution in [2.45, 2.75) is 43.9 Å². The zero-order valence-corrected chi connectivity index (χ0v) is 11.5. The summed E-state index contributed by atoms with van der Waals surface area (Å²) in [5.74, 6) is -0.414. The number of sulfonamides is 1. The molecule has 1 aromatic carbocycles. The normalized spacial score (nSPS) is 17.4. The summed E-state index contributed by atoms with van der Waals surface area (Å²) < 4.78 is 40.2. The highest BCUT2D eigenvalue weighted by Crippen LogP contribution is 2.25. The first kappa shape index (κ1) is 14.3. The van der Waals surface area contributed by atoms with Crippen molar-refractivity contribution in [1.29, 1.82) is 0 Å². The topological polar surface area (TPSA) is 72.2 Å². The minimum absolute atomic E-state index is 0.0465. The van der Waals surface area contributed by atoms with E-state index in [1.54, 1.807) is 0 Å². The van der Waals surface area contributed by atoms with Gasteiger partial charge in [-0.25, -0.2) is 12.8 Å². The summed E-state index contributed by atoms with van der Waals surface area (Å²) in [6.45, 7) is 0.0465. The molecule has 0 saturated heterocycles. The number of anilines is 1. The van der Waals surface area contributed by atoms with Crippen LogP contribution >= 0.6 is 0 Å². The Morgan fingerprint density at radius 1 is 1.26 bits per heavy atom. The van der Waals surface area contributed by atoms with Crippen molar-refractivity contribution in [3.8, 4) is 0 Å². The van der Waals surface area contributed by atoms with Crippen molar-refractivity contribution in [2.24, 2.45) is 5.73 Å². The molecule has 19 heavy (non-hydrogen) atoms. The van der Waals surface area contributed by atoms with Gasteiger partial charge in [0, 0.05) is 17.8 Å². The second-order valence-electron chi connectivity index (χ2n) is 4.92. The number of nitrogens with one attached hydrogen (secondary N) is 1. The Hall–Kier alpha value is -1.14. The molecule has 106 valence electrons. The molecular weight excluding hydrogens is 267 g/mol. The summed E-state index contributed by atoms with van der Waals surface area (Å²) in [6.07, 6.45) is 4.38. The van der Waals surface area contributed by atoms with Crippen LogP contribution in [0.25, 0.3) is 0 Å². The summed E-state index contributed by atoms with van der Waals surface area (Å²) in [4.78, 5) is 0. The molecule has 0 aromatic heterocycles. The molecule has 0 aliphatic heterocycles. The predicted molar refractivity (Wildman–Crippen MR) is 73.7 cm³/mol. The quantitative estimate of drug-likeness (QED) is 0.892. The van der Waals surface area contributed by atoms with Crippen molar-refractivity contribution in [2.75, 3.05) is 4.72 Å². The van der Waals surface area contributed by atoms with Gasteiger partial charge in [0.2, 0.25) is 10.0 Å². The number of nitrogens with two attached hydrogens (primary N) is 1. The van der Waals surface area contributed by atoms with Gasteiger partial charge >= 0.3 is 0 Å². The zero-order valence-electron chi connectivity index (χ0n) is 10.7. The third-order valence-corrected chi connectivity index (χ3v) is 5.39. The Morgan fingerprint density at radius 2 is 1.95 bits per heavy atom. The van der Waals surface area contributed by atoms with E-state index in [9.17, 15) is 12.8 Å². The molecule has 1 aliphatic carbocycles. The molecular formula is C13H19FN2O2S. The minimum atomic E-state index is -3.39. The van der Waals surface area contributed by atoms with Gasteiger partial charge in [0.15, 0.2) is 0 Å². The summed E-state index contributed by atoms with van der Waals surface area (Å²) in [5.41, 5.74) is 6.10. The van der Waals surface area contributed by atoms with E-state index in [1.165, 1.54) is 18.2 Å². The van der Waals surface area contributed by atoms with Gasteiger partial charge in [-0.1, -0.05) is 19.3 Å². The third-order valence-electron chi connectivity index (χ3n) is 3.52. The van der Waals surface area contributed by atoms with Crippen LogP contribution in [0, 0.1) is 5.82 Å². The molecule has 3 N–H and O–H groups in total. The maximum atomic E-state index is 13.3. The van der Waals surface area contributed by atoms with Crippen LogP contribution in [0.2, 0.25) is 0 Å². The van der Waals surface area contributed by atoms with Crippen LogP contribution < -0.4 is 10.5 Å². The van der Waals surface area contributed by atoms with Gasteiger partial charge in [-0.15, -0.1) is 0 Å². The second-order valence-corrected chi connectivity index (χ2v) is 6.88. The lowest BCUT2D eigenvalue weighted by Gasteiger charge is -2.22. The molecule has 2 rings (SSSR count). The van der Waals surface area contributed by atoms with Crippen LogP contribution in [0.3, 0.4) is 0 Å². The fourth-order valence-corrected chi connectivity index (χ4v) is 3.99. The summed E-state index contributed by atoms with van der Waals surface area (Å²) in [6, 6.07) is 4.12. The molecule has 6 heteroatoms. The number of benzene rings is 1. The Kier molecular flexibility index (Phi) is 4.42. The van der Waals surface area contributed by atoms with Crippen LogP contribution in [0.5, 0.6) is 0 Å². The van der Waals surface area contributed by atoms with Gasteiger partial charge in [-0.3, -0.25) is 4.72 Å². The first-order chi connectivity index (χ1) is 9.03. The molecule has 0 heterocycles. The Bertz CT molecular complexity index is 540. The fraction of sp³-hybridized carbons (Fsp3) is 0.538. The largest absolute Gasteiger partial charge is 0.326 e. The van der Waals surface area contributed by atoms with E-state index < -0.39 is 15.8 Å². The van der Waals surface area contributed by atoms with Crippen molar-refractivity contribution in [3.63, 3.8) is 0 Å². The summed E-state index contributed by atoms with van der Waals surface area (Å²) >= 11 is 0. The van der Waals surface area contributed by atoms with E-state index in [0.29, 0.717) is 24.1 Å². The molecule has 0 radical (unpaired) electrons. The first-order valence-electron chi connectivity index (χ1n) is 6.53. The zero-order chi connectivity index (χ0) is 13.9. The van der Waals surface area contributed by atoms with E-state index in [-0.39, 0.29) is 11.8 Å². The van der Waals surface area contributed by atoms with Gasteiger partial charge < -0.3 is 5.73 Å². The minimum Gasteiger partial charge on any atom is -0.326 e. The van der Waals surface area contributed by atoms with Crippen molar-refractivity contribution in [3.05, 3.63) is 29.6 Å². The third kappa shape index (κ3) is 3.45. The lowest BCUT2D eigenvalue weighted by atomic mass is 10.0. The van der Waals surface area contributed by atoms with E-state index in [1.807, 2.05) is 0 Å². The molecule has 0 atom stereocenters. The van der Waals surface area contributed by atoms with Crippen LogP contribution in [0.4, 0.5) is 10.1 Å². The lowest BCUT2D eigenvalue weighted by Crippen LogP contribution is -2.29. The highest BCUT2D eigenvalue weighted by molar-refractivity contribution is 7.93. The van der Waals surface area contributed by atoms with Gasteiger partial charge in [0.1, 0.15) is 5.82 Å². The van der Waals surface area contributed by atoms with E-state index in [0.717, 1.165) is 19.3 Å². The van der Waals surface area contributed by atoms with E-state index >= 15 is 0 Å². The second kappa shape index (κ2) is 5.88. The average Bonchev–Trinajstić information content (AvgIpc) is 2.42. The molecule has 0 amide bonds. The molecule has 0 unspecified atom stereocenters. The van der Waals surface area contributed by atoms with Crippen molar-refractivity contribution in [1.82, 2.24) is 0 Å². The molecule has 1 aromatic rings. The van der Waals surface area contributed by atoms with Crippen molar-refractivity contribution >= 4 is 15.7 Å². The van der Waals surface area contributed by atoms with Crippen LogP contribution in [0.15, 0.2) is 18.2 Å². The maximum absolute atomic E-state index is 13.3. The monoisotopic (exact) mass is 286 g/mol. The molecule has 4 nitrogen and oxygen atoms in total. The summed E-state index contributed by atoms with van der Waals surface area (Å²) in [7, 11) is -3.39. The van der Waals surface area contributed by atoms with Gasteiger partial charge in [-0.2, -0.15) is 0 Å². The van der Waals surface area contributed by atoms with E-state index in [4.69, 9.17) is 5.73 Å². The van der Waals surface area contributed by atoms with Crippen LogP contribution in [-0.2, 0) is 16.6 Å². The van der Waals surface area contributed by atoms with E-state index in [2.05, 4.69) is 4.72 Å². The lowest BCUT2D eigenvalue weighted by molar-refractivity contribution is 0.486. The van der Waals surface area contributed by atoms with Crippen LogP contribution in [-0.4, -0.2) is 13.7 Å². The smallest absolute Gasteiger partial charge is 0.235 e. The van der Waals surface area contributed by atoms with Gasteiger partial charge in [-0.05, 0) is 31.0 Å². The average molecular weight is 286 g/mol. The highest BCUT2D eigenvalue weighted by atomic mass is 32.2. The van der Waals surface area contributed by atoms with Gasteiger partial charge in [0.25, 0.3) is 0 Å². The number of hydrogen-bond acceptors (Lipinski definition) is 3. The standard InChI is InChI=1S/C13H19FN2O2S/c14-13-7-6-11(8-10(13)9-15)16-19(17,18)12-4-2-1-3-5-12/h6-8,12,16H,1-5,9,15H2. The summed E-state index contributed by atoms with van der Waals surface area (Å²) in [5, 5.41) is -0.340. The fourth-order valence-electron chi connectivity index (χ4n) is 2.42. The SMILES string of the molecule is NCc1cc(NS(=O)(=O)C2CCCCC2)ccc1F. The Morgan fingerprint density at radius 3 is 2.58 bits per heavy atom. The van der Waals surface area contributed by atoms with Crippen molar-refractivity contribution < 1.29 is 12.8 Å². The number of rotatable bonds is 4. The molecule has 1 fully saturated rings. The molecule has 0 bridgehead atoms. The van der Waals surface area contributed by atoms with Crippen LogP contribution in [0.1, 0.15) is 37.7 Å². The molecule has 0 spiro atoms. The molecule has 1 saturated carbocycles. The predicted octanol–water partition coefficient (Wildman–Crippen LogP) is 2.36.